The third-order valence-electron chi connectivity index (χ3n) is 7.93. The van der Waals surface area contributed by atoms with E-state index in [-0.39, 0.29) is 16.7 Å². The van der Waals surface area contributed by atoms with E-state index in [1.165, 1.54) is 6.92 Å². The van der Waals surface area contributed by atoms with Crippen molar-refractivity contribution in [2.45, 2.75) is 104 Å². The van der Waals surface area contributed by atoms with Crippen LogP contribution < -0.4 is 15.4 Å². The number of sulfonamides is 3. The molecule has 15 nitrogen and oxygen atoms in total. The molecule has 0 unspecified atom stereocenters. The lowest BCUT2D eigenvalue weighted by molar-refractivity contribution is 0.563. The number of nitrogens with zero attached hydrogens (tertiary/aromatic N) is 6. The predicted octanol–water partition coefficient (Wildman–Crippen LogP) is 2.72. The molecule has 4 atom stereocenters. The molecule has 0 aliphatic rings. The molecule has 3 heterocycles. The van der Waals surface area contributed by atoms with Crippen molar-refractivity contribution in [1.82, 2.24) is 29.9 Å². The maximum Gasteiger partial charge on any atom is 0.234 e. The Morgan fingerprint density at radius 3 is 1.06 bits per heavy atom. The molecule has 0 radical (unpaired) electrons. The first-order chi connectivity index (χ1) is 22.1. The maximum absolute atomic E-state index is 11.2. The molecule has 3 aromatic heterocycles. The number of hydrogen-bond donors (Lipinski definition) is 3. The average Bonchev–Trinajstić information content (AvgIpc) is 3.05. The van der Waals surface area contributed by atoms with Gasteiger partial charge in [-0.1, -0.05) is 34.6 Å². The first-order valence-corrected chi connectivity index (χ1v) is 20.0. The van der Waals surface area contributed by atoms with Crippen molar-refractivity contribution in [3.05, 3.63) is 76.2 Å². The number of primary sulfonamides is 3. The fourth-order valence-electron chi connectivity index (χ4n) is 3.66. The lowest BCUT2D eigenvalue weighted by Gasteiger charge is -2.16. The molecule has 3 aromatic rings. The maximum atomic E-state index is 11.2. The van der Waals surface area contributed by atoms with Crippen LogP contribution >= 0.6 is 0 Å². The number of aryl methyl sites for hydroxylation is 3. The van der Waals surface area contributed by atoms with Crippen LogP contribution in [0.1, 0.15) is 108 Å². The van der Waals surface area contributed by atoms with Gasteiger partial charge in [0.15, 0.2) is 5.82 Å². The third-order valence-corrected chi connectivity index (χ3v) is 12.0. The minimum Gasteiger partial charge on any atom is -0.241 e. The molecule has 18 heteroatoms. The van der Waals surface area contributed by atoms with Crippen LogP contribution in [-0.4, -0.2) is 65.7 Å². The van der Waals surface area contributed by atoms with Gasteiger partial charge in [0.2, 0.25) is 30.1 Å². The van der Waals surface area contributed by atoms with E-state index in [1.54, 1.807) is 71.8 Å². The zero-order chi connectivity index (χ0) is 37.0. The predicted molar refractivity (Wildman–Crippen MR) is 188 cm³/mol. The van der Waals surface area contributed by atoms with Gasteiger partial charge in [0, 0.05) is 54.6 Å². The lowest BCUT2D eigenvalue weighted by Crippen LogP contribution is -2.31. The van der Waals surface area contributed by atoms with Crippen molar-refractivity contribution in [2.24, 2.45) is 15.4 Å². The van der Waals surface area contributed by atoms with Crippen LogP contribution in [0.5, 0.6) is 0 Å². The van der Waals surface area contributed by atoms with Gasteiger partial charge in [-0.05, 0) is 63.6 Å². The van der Waals surface area contributed by atoms with Crippen LogP contribution in [0.3, 0.4) is 0 Å². The van der Waals surface area contributed by atoms with Crippen LogP contribution in [0.2, 0.25) is 0 Å². The highest BCUT2D eigenvalue weighted by Crippen LogP contribution is 2.20. The molecular formula is C30H49N9O6S3. The van der Waals surface area contributed by atoms with E-state index >= 15 is 0 Å². The van der Waals surface area contributed by atoms with Gasteiger partial charge < -0.3 is 0 Å². The Morgan fingerprint density at radius 1 is 0.562 bits per heavy atom. The smallest absolute Gasteiger partial charge is 0.234 e. The second kappa shape index (κ2) is 18.5. The molecule has 3 rings (SSSR count). The number of rotatable bonds is 11. The standard InChI is InChI=1S/2C10H17N3O2S.C10H15N3O2S/c3*1-4-9-5-12-10(13-6-9)7(2)8(3)16(11,14)15/h2*5-8H,4H2,1-3H3,(H2,11,14,15);5-6H,4H2,1-3H3,(H2,11,14,15)/b;;8-7+/t2*7-,8-;/m10./s1. The Kier molecular flexibility index (Phi) is 16.4. The van der Waals surface area contributed by atoms with Gasteiger partial charge in [-0.15, -0.1) is 0 Å². The van der Waals surface area contributed by atoms with Crippen molar-refractivity contribution >= 4 is 35.6 Å². The van der Waals surface area contributed by atoms with E-state index in [1.807, 2.05) is 20.8 Å². The second-order valence-corrected chi connectivity index (χ2v) is 16.8. The van der Waals surface area contributed by atoms with Crippen LogP contribution in [0.15, 0.2) is 42.1 Å². The summed E-state index contributed by atoms with van der Waals surface area (Å²) in [4.78, 5) is 24.9. The summed E-state index contributed by atoms with van der Waals surface area (Å²) in [6.07, 6.45) is 12.8. The highest BCUT2D eigenvalue weighted by atomic mass is 32.2. The number of nitrogens with two attached hydrogens (primary N) is 3. The molecule has 0 spiro atoms. The summed E-state index contributed by atoms with van der Waals surface area (Å²) in [6.45, 7) is 15.8. The summed E-state index contributed by atoms with van der Waals surface area (Å²) in [5.74, 6) is 0.808. The molecule has 0 amide bonds. The van der Waals surface area contributed by atoms with Crippen molar-refractivity contribution in [2.75, 3.05) is 0 Å². The first kappa shape index (κ1) is 42.7. The van der Waals surface area contributed by atoms with Gasteiger partial charge in [0.1, 0.15) is 11.6 Å². The molecule has 0 bridgehead atoms. The van der Waals surface area contributed by atoms with E-state index in [4.69, 9.17) is 15.4 Å². The molecule has 0 aliphatic heterocycles. The Bertz CT molecular complexity index is 1730. The summed E-state index contributed by atoms with van der Waals surface area (Å²) < 4.78 is 67.0. The minimum absolute atomic E-state index is 0.0942. The average molecular weight is 728 g/mol. The normalized spacial score (nSPS) is 15.0. The van der Waals surface area contributed by atoms with Gasteiger partial charge in [0.25, 0.3) is 0 Å². The number of hydrogen-bond acceptors (Lipinski definition) is 12. The van der Waals surface area contributed by atoms with E-state index < -0.39 is 40.6 Å². The van der Waals surface area contributed by atoms with Crippen molar-refractivity contribution in [1.29, 1.82) is 0 Å². The van der Waals surface area contributed by atoms with Gasteiger partial charge in [-0.2, -0.15) is 0 Å². The summed E-state index contributed by atoms with van der Waals surface area (Å²) in [6, 6.07) is 0. The number of allylic oxidation sites excluding steroid dienone is 2. The highest BCUT2D eigenvalue weighted by Gasteiger charge is 2.27. The zero-order valence-electron chi connectivity index (χ0n) is 29.0. The van der Waals surface area contributed by atoms with Gasteiger partial charge >= 0.3 is 0 Å². The van der Waals surface area contributed by atoms with Crippen LogP contribution in [0, 0.1) is 0 Å². The number of aromatic nitrogens is 6. The summed E-state index contributed by atoms with van der Waals surface area (Å²) in [5, 5.41) is 13.9. The van der Waals surface area contributed by atoms with E-state index in [0.717, 1.165) is 36.0 Å². The van der Waals surface area contributed by atoms with Crippen molar-refractivity contribution < 1.29 is 25.3 Å². The third kappa shape index (κ3) is 13.3. The van der Waals surface area contributed by atoms with E-state index in [2.05, 4.69) is 29.9 Å². The van der Waals surface area contributed by atoms with Gasteiger partial charge in [-0.3, -0.25) is 0 Å². The zero-order valence-corrected chi connectivity index (χ0v) is 31.4. The largest absolute Gasteiger partial charge is 0.241 e. The minimum atomic E-state index is -3.67. The second-order valence-electron chi connectivity index (χ2n) is 11.3. The molecule has 48 heavy (non-hydrogen) atoms. The molecule has 0 aromatic carbocycles. The highest BCUT2D eigenvalue weighted by molar-refractivity contribution is 7.93. The first-order valence-electron chi connectivity index (χ1n) is 15.2. The lowest BCUT2D eigenvalue weighted by atomic mass is 10.1. The Labute approximate surface area is 285 Å². The molecule has 268 valence electrons. The van der Waals surface area contributed by atoms with E-state index in [0.29, 0.717) is 23.0 Å². The van der Waals surface area contributed by atoms with Crippen LogP contribution in [0.25, 0.3) is 5.57 Å². The SMILES string of the molecule is CCc1cnc(/C(C)=C(\C)S(N)(=O)=O)nc1.CCc1cnc([C@@H](C)[C@H](C)S(N)(=O)=O)nc1.CCc1cnc([C@H](C)[C@@H](C)S(N)(=O)=O)nc1. The fourth-order valence-corrected chi connectivity index (χ4v) is 5.56. The quantitative estimate of drug-likeness (QED) is 0.258. The Balaban J connectivity index is 0.000000360. The van der Waals surface area contributed by atoms with Crippen molar-refractivity contribution in [3.8, 4) is 0 Å². The molecule has 0 aliphatic carbocycles. The van der Waals surface area contributed by atoms with Gasteiger partial charge in [0.05, 0.1) is 15.4 Å². The summed E-state index contributed by atoms with van der Waals surface area (Å²) in [7, 11) is -10.8. The molecule has 0 saturated carbocycles. The van der Waals surface area contributed by atoms with Crippen molar-refractivity contribution in [3.63, 3.8) is 0 Å². The van der Waals surface area contributed by atoms with Crippen LogP contribution in [-0.2, 0) is 49.3 Å². The van der Waals surface area contributed by atoms with Crippen LogP contribution in [0.4, 0.5) is 0 Å². The monoisotopic (exact) mass is 727 g/mol. The van der Waals surface area contributed by atoms with Gasteiger partial charge in [-0.25, -0.2) is 70.6 Å². The molecule has 0 saturated heterocycles. The molecule has 0 fully saturated rings. The topological polar surface area (TPSA) is 258 Å². The molecule has 6 N–H and O–H groups in total. The fraction of sp³-hybridized carbons (Fsp3) is 0.533. The Hall–Kier alpha value is -3.29. The Morgan fingerprint density at radius 2 is 0.833 bits per heavy atom. The summed E-state index contributed by atoms with van der Waals surface area (Å²) >= 11 is 0. The van der Waals surface area contributed by atoms with E-state index in [9.17, 15) is 25.3 Å². The molecular weight excluding hydrogens is 679 g/mol. The summed E-state index contributed by atoms with van der Waals surface area (Å²) in [5.41, 5.74) is 3.54.